The van der Waals surface area contributed by atoms with Crippen molar-refractivity contribution in [3.05, 3.63) is 78.4 Å². The second kappa shape index (κ2) is 8.32. The standard InChI is InChI=1S/C21H20N6OS/c1-15-6-5-7-16(2)19(15)23-18(28)14-29-21-25-24-20(17-8-10-22-11-9-17)27(21)26-12-3-4-13-26/h3-13H,14H2,1-2H3,(H,23,28). The van der Waals surface area contributed by atoms with Gasteiger partial charge in [-0.25, -0.2) is 4.68 Å². The SMILES string of the molecule is Cc1cccc(C)c1NC(=O)CSc1nnc(-c2ccncc2)n1-n1cccc1. The number of aromatic nitrogens is 5. The molecule has 29 heavy (non-hydrogen) atoms. The predicted octanol–water partition coefficient (Wildman–Crippen LogP) is 3.80. The van der Waals surface area contributed by atoms with Crippen LogP contribution in [0.3, 0.4) is 0 Å². The number of nitrogens with zero attached hydrogens (tertiary/aromatic N) is 5. The third-order valence-corrected chi connectivity index (χ3v) is 5.37. The second-order valence-electron chi connectivity index (χ2n) is 6.52. The van der Waals surface area contributed by atoms with E-state index in [1.54, 1.807) is 12.4 Å². The number of amides is 1. The summed E-state index contributed by atoms with van der Waals surface area (Å²) in [6, 6.07) is 13.6. The number of aryl methyl sites for hydroxylation is 2. The molecule has 0 aliphatic rings. The highest BCUT2D eigenvalue weighted by Gasteiger charge is 2.17. The lowest BCUT2D eigenvalue weighted by molar-refractivity contribution is -0.113. The number of thioether (sulfide) groups is 1. The Hall–Kier alpha value is -3.39. The third-order valence-electron chi connectivity index (χ3n) is 4.45. The maximum atomic E-state index is 12.6. The minimum absolute atomic E-state index is 0.0834. The number of carbonyl (C=O) groups excluding carboxylic acids is 1. The first-order valence-corrected chi connectivity index (χ1v) is 10.1. The molecule has 0 aliphatic carbocycles. The Morgan fingerprint density at radius 3 is 2.38 bits per heavy atom. The van der Waals surface area contributed by atoms with Gasteiger partial charge in [0.05, 0.1) is 5.75 Å². The molecular formula is C21H20N6OS. The zero-order valence-electron chi connectivity index (χ0n) is 16.1. The summed E-state index contributed by atoms with van der Waals surface area (Å²) in [5, 5.41) is 12.3. The van der Waals surface area contributed by atoms with Crippen LogP contribution in [0.2, 0.25) is 0 Å². The molecule has 146 valence electrons. The van der Waals surface area contributed by atoms with Crippen molar-refractivity contribution in [2.24, 2.45) is 0 Å². The van der Waals surface area contributed by atoms with Crippen LogP contribution in [-0.2, 0) is 4.79 Å². The molecule has 1 N–H and O–H groups in total. The van der Waals surface area contributed by atoms with Crippen molar-refractivity contribution in [3.8, 4) is 11.4 Å². The monoisotopic (exact) mass is 404 g/mol. The van der Waals surface area contributed by atoms with E-state index in [4.69, 9.17) is 0 Å². The minimum Gasteiger partial charge on any atom is -0.325 e. The lowest BCUT2D eigenvalue weighted by Crippen LogP contribution is -2.17. The van der Waals surface area contributed by atoms with Crippen molar-refractivity contribution in [1.82, 2.24) is 24.5 Å². The van der Waals surface area contributed by atoms with Crippen LogP contribution in [0, 0.1) is 13.8 Å². The van der Waals surface area contributed by atoms with E-state index < -0.39 is 0 Å². The van der Waals surface area contributed by atoms with Crippen LogP contribution in [0.5, 0.6) is 0 Å². The molecule has 0 saturated carbocycles. The van der Waals surface area contributed by atoms with Crippen molar-refractivity contribution in [3.63, 3.8) is 0 Å². The van der Waals surface area contributed by atoms with Crippen LogP contribution in [0.1, 0.15) is 11.1 Å². The van der Waals surface area contributed by atoms with E-state index in [2.05, 4.69) is 20.5 Å². The molecular weight excluding hydrogens is 384 g/mol. The Balaban J connectivity index is 1.56. The molecule has 0 atom stereocenters. The summed E-state index contributed by atoms with van der Waals surface area (Å²) in [5.41, 5.74) is 3.84. The summed E-state index contributed by atoms with van der Waals surface area (Å²) in [7, 11) is 0. The van der Waals surface area contributed by atoms with Crippen LogP contribution < -0.4 is 5.32 Å². The third kappa shape index (κ3) is 4.07. The van der Waals surface area contributed by atoms with Gasteiger partial charge in [-0.15, -0.1) is 10.2 Å². The van der Waals surface area contributed by atoms with Crippen LogP contribution in [-0.4, -0.2) is 36.2 Å². The van der Waals surface area contributed by atoms with E-state index in [0.29, 0.717) is 11.0 Å². The molecule has 0 radical (unpaired) electrons. The summed E-state index contributed by atoms with van der Waals surface area (Å²) < 4.78 is 3.77. The van der Waals surface area contributed by atoms with E-state index in [9.17, 15) is 4.79 Å². The summed E-state index contributed by atoms with van der Waals surface area (Å²) >= 11 is 1.34. The number of para-hydroxylation sites is 1. The maximum Gasteiger partial charge on any atom is 0.234 e. The van der Waals surface area contributed by atoms with Crippen molar-refractivity contribution in [2.75, 3.05) is 11.1 Å². The molecule has 0 aliphatic heterocycles. The minimum atomic E-state index is -0.0834. The molecule has 0 unspecified atom stereocenters. The first-order valence-electron chi connectivity index (χ1n) is 9.12. The van der Waals surface area contributed by atoms with Gasteiger partial charge in [-0.1, -0.05) is 30.0 Å². The number of pyridine rings is 1. The Morgan fingerprint density at radius 2 is 1.69 bits per heavy atom. The van der Waals surface area contributed by atoms with E-state index in [0.717, 1.165) is 22.4 Å². The number of hydrogen-bond acceptors (Lipinski definition) is 5. The quantitative estimate of drug-likeness (QED) is 0.495. The number of hydrogen-bond donors (Lipinski definition) is 1. The smallest absolute Gasteiger partial charge is 0.234 e. The molecule has 7 nitrogen and oxygen atoms in total. The lowest BCUT2D eigenvalue weighted by Gasteiger charge is -2.12. The molecule has 1 amide bonds. The molecule has 1 aromatic carbocycles. The maximum absolute atomic E-state index is 12.6. The number of carbonyl (C=O) groups is 1. The average Bonchev–Trinajstić information content (AvgIpc) is 3.39. The van der Waals surface area contributed by atoms with Crippen molar-refractivity contribution >= 4 is 23.4 Å². The van der Waals surface area contributed by atoms with E-state index in [1.807, 2.05) is 78.1 Å². The molecule has 8 heteroatoms. The Kier molecular flexibility index (Phi) is 5.44. The van der Waals surface area contributed by atoms with Crippen LogP contribution in [0.15, 0.2) is 72.4 Å². The highest BCUT2D eigenvalue weighted by Crippen LogP contribution is 2.25. The fourth-order valence-corrected chi connectivity index (χ4v) is 3.75. The molecule has 0 fully saturated rings. The molecule has 4 aromatic rings. The van der Waals surface area contributed by atoms with Crippen molar-refractivity contribution < 1.29 is 4.79 Å². The average molecular weight is 404 g/mol. The number of rotatable bonds is 6. The van der Waals surface area contributed by atoms with E-state index in [1.165, 1.54) is 11.8 Å². The van der Waals surface area contributed by atoms with Crippen molar-refractivity contribution in [2.45, 2.75) is 19.0 Å². The number of nitrogens with one attached hydrogen (secondary N) is 1. The Morgan fingerprint density at radius 1 is 1.00 bits per heavy atom. The highest BCUT2D eigenvalue weighted by atomic mass is 32.2. The predicted molar refractivity (Wildman–Crippen MR) is 114 cm³/mol. The Bertz CT molecular complexity index is 1100. The van der Waals surface area contributed by atoms with Gasteiger partial charge in [0.15, 0.2) is 5.82 Å². The zero-order valence-corrected chi connectivity index (χ0v) is 16.9. The van der Waals surface area contributed by atoms with E-state index >= 15 is 0 Å². The van der Waals surface area contributed by atoms with Gasteiger partial charge in [-0.05, 0) is 49.2 Å². The van der Waals surface area contributed by atoms with Gasteiger partial charge in [0, 0.05) is 36.0 Å². The molecule has 4 rings (SSSR count). The normalized spacial score (nSPS) is 10.8. The fourth-order valence-electron chi connectivity index (χ4n) is 3.02. The van der Waals surface area contributed by atoms with Crippen LogP contribution in [0.4, 0.5) is 5.69 Å². The van der Waals surface area contributed by atoms with Crippen LogP contribution >= 0.6 is 11.8 Å². The largest absolute Gasteiger partial charge is 0.325 e. The molecule has 0 bridgehead atoms. The molecule has 0 spiro atoms. The van der Waals surface area contributed by atoms with Gasteiger partial charge in [-0.3, -0.25) is 14.5 Å². The number of anilines is 1. The summed E-state index contributed by atoms with van der Waals surface area (Å²) in [6.07, 6.45) is 7.26. The fraction of sp³-hybridized carbons (Fsp3) is 0.143. The van der Waals surface area contributed by atoms with Crippen LogP contribution in [0.25, 0.3) is 11.4 Å². The van der Waals surface area contributed by atoms with Gasteiger partial charge >= 0.3 is 0 Å². The summed E-state index contributed by atoms with van der Waals surface area (Å²) in [6.45, 7) is 3.97. The topological polar surface area (TPSA) is 77.6 Å². The first kappa shape index (κ1) is 18.9. The van der Waals surface area contributed by atoms with Gasteiger partial charge in [0.2, 0.25) is 11.1 Å². The molecule has 3 heterocycles. The highest BCUT2D eigenvalue weighted by molar-refractivity contribution is 7.99. The van der Waals surface area contributed by atoms with Gasteiger partial charge in [0.1, 0.15) is 0 Å². The lowest BCUT2D eigenvalue weighted by atomic mass is 10.1. The summed E-state index contributed by atoms with van der Waals surface area (Å²) in [4.78, 5) is 16.6. The van der Waals surface area contributed by atoms with Gasteiger partial charge < -0.3 is 5.32 Å². The summed E-state index contributed by atoms with van der Waals surface area (Å²) in [5.74, 6) is 0.824. The zero-order chi connectivity index (χ0) is 20.2. The number of benzene rings is 1. The van der Waals surface area contributed by atoms with Crippen molar-refractivity contribution in [1.29, 1.82) is 0 Å². The van der Waals surface area contributed by atoms with Gasteiger partial charge in [-0.2, -0.15) is 0 Å². The van der Waals surface area contributed by atoms with E-state index in [-0.39, 0.29) is 11.7 Å². The molecule has 0 saturated heterocycles. The molecule has 3 aromatic heterocycles. The Labute approximate surface area is 172 Å². The van der Waals surface area contributed by atoms with Gasteiger partial charge in [0.25, 0.3) is 0 Å². The first-order chi connectivity index (χ1) is 14.1. The second-order valence-corrected chi connectivity index (χ2v) is 7.46.